The second-order valence-corrected chi connectivity index (χ2v) is 11.3. The third-order valence-electron chi connectivity index (χ3n) is 8.30. The van der Waals surface area contributed by atoms with Crippen LogP contribution < -0.4 is 20.9 Å². The van der Waals surface area contributed by atoms with E-state index in [4.69, 9.17) is 20.9 Å². The van der Waals surface area contributed by atoms with Crippen molar-refractivity contribution < 1.29 is 35.8 Å². The largest absolute Gasteiger partial charge is 0.457 e. The highest BCUT2D eigenvalue weighted by Gasteiger charge is 2.47. The van der Waals surface area contributed by atoms with Crippen molar-refractivity contribution >= 4 is 11.4 Å². The van der Waals surface area contributed by atoms with Gasteiger partial charge in [0.2, 0.25) is 0 Å². The van der Waals surface area contributed by atoms with Crippen molar-refractivity contribution in [3.05, 3.63) is 155 Å². The van der Waals surface area contributed by atoms with Crippen molar-refractivity contribution in [3.63, 3.8) is 0 Å². The molecule has 4 aromatic carbocycles. The first-order valence-corrected chi connectivity index (χ1v) is 14.8. The van der Waals surface area contributed by atoms with Crippen LogP contribution in [0.1, 0.15) is 33.4 Å². The van der Waals surface area contributed by atoms with Crippen molar-refractivity contribution in [1.82, 2.24) is 9.97 Å². The molecule has 1 aliphatic rings. The highest BCUT2D eigenvalue weighted by molar-refractivity contribution is 5.81. The number of nitrogens with zero attached hydrogens (tertiary/aromatic N) is 2. The van der Waals surface area contributed by atoms with Gasteiger partial charge in [-0.1, -0.05) is 36.4 Å². The first kappa shape index (κ1) is 31.6. The van der Waals surface area contributed by atoms with Gasteiger partial charge in [0, 0.05) is 23.8 Å². The van der Waals surface area contributed by atoms with Crippen LogP contribution in [0.2, 0.25) is 0 Å². The number of benzene rings is 4. The Morgan fingerprint density at radius 2 is 0.898 bits per heavy atom. The van der Waals surface area contributed by atoms with Gasteiger partial charge >= 0.3 is 12.4 Å². The number of anilines is 2. The molecular weight excluding hydrogens is 646 g/mol. The molecule has 4 N–H and O–H groups in total. The van der Waals surface area contributed by atoms with Crippen molar-refractivity contribution in [2.45, 2.75) is 17.8 Å². The van der Waals surface area contributed by atoms with Crippen LogP contribution in [0.25, 0.3) is 11.4 Å². The SMILES string of the molecule is Nc1ccc(Oc2ccc(C3(c4ccc(Oc5ccc(N)cc5C(F)(F)F)cc4)c4cccnc4-c4ncccc43)cc2)c(C(F)(F)F)c1. The van der Waals surface area contributed by atoms with Gasteiger partial charge in [-0.05, 0) is 95.1 Å². The molecule has 6 nitrogen and oxygen atoms in total. The zero-order valence-corrected chi connectivity index (χ0v) is 25.2. The molecule has 0 unspecified atom stereocenters. The van der Waals surface area contributed by atoms with E-state index in [0.717, 1.165) is 23.3 Å². The maximum atomic E-state index is 13.7. The fraction of sp³-hybridized carbons (Fsp3) is 0.0811. The van der Waals surface area contributed by atoms with E-state index >= 15 is 0 Å². The summed E-state index contributed by atoms with van der Waals surface area (Å²) in [5.74, 6) is -0.505. The zero-order valence-electron chi connectivity index (χ0n) is 25.2. The van der Waals surface area contributed by atoms with Crippen molar-refractivity contribution in [1.29, 1.82) is 0 Å². The molecule has 0 saturated carbocycles. The third-order valence-corrected chi connectivity index (χ3v) is 8.30. The number of halogens is 6. The number of ether oxygens (including phenoxy) is 2. The number of pyridine rings is 2. The molecule has 0 amide bonds. The van der Waals surface area contributed by atoms with Gasteiger partial charge in [0.1, 0.15) is 34.1 Å². The first-order chi connectivity index (χ1) is 23.4. The number of nitrogens with two attached hydrogens (primary N) is 2. The van der Waals surface area contributed by atoms with E-state index in [2.05, 4.69) is 9.97 Å². The van der Waals surface area contributed by atoms with E-state index in [-0.39, 0.29) is 22.9 Å². The number of hydrogen-bond acceptors (Lipinski definition) is 6. The van der Waals surface area contributed by atoms with E-state index in [1.54, 1.807) is 73.1 Å². The van der Waals surface area contributed by atoms with Crippen molar-refractivity contribution in [2.24, 2.45) is 0 Å². The Kier molecular flexibility index (Phi) is 7.46. The molecule has 1 aliphatic carbocycles. The van der Waals surface area contributed by atoms with Crippen LogP contribution in [0.4, 0.5) is 37.7 Å². The summed E-state index contributed by atoms with van der Waals surface area (Å²) < 4.78 is 93.9. The fourth-order valence-electron chi connectivity index (χ4n) is 6.24. The van der Waals surface area contributed by atoms with E-state index in [0.29, 0.717) is 22.5 Å². The average Bonchev–Trinajstić information content (AvgIpc) is 3.37. The van der Waals surface area contributed by atoms with Crippen molar-refractivity contribution in [3.8, 4) is 34.4 Å². The summed E-state index contributed by atoms with van der Waals surface area (Å²) in [5.41, 5.74) is 12.3. The minimum atomic E-state index is -4.69. The van der Waals surface area contributed by atoms with Crippen LogP contribution in [-0.2, 0) is 17.8 Å². The molecule has 12 heteroatoms. The van der Waals surface area contributed by atoms with Gasteiger partial charge in [-0.15, -0.1) is 0 Å². The molecule has 0 radical (unpaired) electrons. The third kappa shape index (κ3) is 5.54. The molecule has 0 fully saturated rings. The summed E-state index contributed by atoms with van der Waals surface area (Å²) in [6.07, 6.45) is -6.08. The number of hydrogen-bond donors (Lipinski definition) is 2. The predicted octanol–water partition coefficient (Wildman–Crippen LogP) is 9.63. The Morgan fingerprint density at radius 1 is 0.510 bits per heavy atom. The molecule has 246 valence electrons. The van der Waals surface area contributed by atoms with Crippen LogP contribution in [0, 0.1) is 0 Å². The molecule has 6 aromatic rings. The second-order valence-electron chi connectivity index (χ2n) is 11.3. The summed E-state index contributed by atoms with van der Waals surface area (Å²) in [6.45, 7) is 0. The van der Waals surface area contributed by atoms with E-state index in [1.807, 2.05) is 12.1 Å². The molecule has 2 heterocycles. The van der Waals surface area contributed by atoms with Crippen molar-refractivity contribution in [2.75, 3.05) is 11.5 Å². The van der Waals surface area contributed by atoms with E-state index in [1.165, 1.54) is 24.3 Å². The molecule has 0 atom stereocenters. The molecule has 0 aliphatic heterocycles. The van der Waals surface area contributed by atoms with Gasteiger partial charge in [-0.2, -0.15) is 26.3 Å². The lowest BCUT2D eigenvalue weighted by Crippen LogP contribution is -2.28. The Balaban J connectivity index is 1.32. The van der Waals surface area contributed by atoms with Gasteiger partial charge in [-0.3, -0.25) is 9.97 Å². The average molecular weight is 671 g/mol. The summed E-state index contributed by atoms with van der Waals surface area (Å²) >= 11 is 0. The van der Waals surface area contributed by atoms with Crippen LogP contribution in [0.3, 0.4) is 0 Å². The molecule has 2 aromatic heterocycles. The molecule has 0 bridgehead atoms. The first-order valence-electron chi connectivity index (χ1n) is 14.8. The number of nitrogen functional groups attached to an aromatic ring is 2. The Hall–Kier alpha value is -6.04. The van der Waals surface area contributed by atoms with Crippen LogP contribution in [0.5, 0.6) is 23.0 Å². The Morgan fingerprint density at radius 3 is 1.27 bits per heavy atom. The van der Waals surface area contributed by atoms with Gasteiger partial charge in [-0.25, -0.2) is 0 Å². The fourth-order valence-corrected chi connectivity index (χ4v) is 6.24. The van der Waals surface area contributed by atoms with Crippen LogP contribution >= 0.6 is 0 Å². The predicted molar refractivity (Wildman–Crippen MR) is 171 cm³/mol. The van der Waals surface area contributed by atoms with Gasteiger partial charge in [0.25, 0.3) is 0 Å². The molecular formula is C37H24F6N4O2. The van der Waals surface area contributed by atoms with Crippen LogP contribution in [-0.4, -0.2) is 9.97 Å². The van der Waals surface area contributed by atoms with Crippen LogP contribution in [0.15, 0.2) is 122 Å². The minimum Gasteiger partial charge on any atom is -0.457 e. The highest BCUT2D eigenvalue weighted by Crippen LogP contribution is 2.55. The smallest absolute Gasteiger partial charge is 0.420 e. The van der Waals surface area contributed by atoms with Gasteiger partial charge in [0.15, 0.2) is 0 Å². The lowest BCUT2D eigenvalue weighted by Gasteiger charge is -2.33. The molecule has 49 heavy (non-hydrogen) atoms. The second kappa shape index (κ2) is 11.6. The molecule has 0 saturated heterocycles. The number of aromatic nitrogens is 2. The summed E-state index contributed by atoms with van der Waals surface area (Å²) in [5, 5.41) is 0. The Labute approximate surface area is 275 Å². The zero-order chi connectivity index (χ0) is 34.6. The normalized spacial score (nSPS) is 13.4. The lowest BCUT2D eigenvalue weighted by molar-refractivity contribution is -0.139. The molecule has 7 rings (SSSR count). The maximum absolute atomic E-state index is 13.7. The number of rotatable bonds is 6. The van der Waals surface area contributed by atoms with E-state index in [9.17, 15) is 26.3 Å². The Bertz CT molecular complexity index is 2030. The standard InChI is InChI=1S/C37H24F6N4O2/c38-36(39,40)29-19-23(44)9-15-31(29)48-25-11-5-21(6-12-25)35(27-3-1-17-46-33(27)34-28(35)4-2-18-47-34)22-7-13-26(14-8-22)49-32-16-10-24(45)20-30(32)37(41,42)43/h1-20H,44-45H2. The maximum Gasteiger partial charge on any atom is 0.420 e. The van der Waals surface area contributed by atoms with Gasteiger partial charge < -0.3 is 20.9 Å². The van der Waals surface area contributed by atoms with Gasteiger partial charge in [0.05, 0.1) is 16.8 Å². The monoisotopic (exact) mass is 670 g/mol. The number of fused-ring (bicyclic) bond motifs is 3. The molecule has 0 spiro atoms. The summed E-state index contributed by atoms with van der Waals surface area (Å²) in [7, 11) is 0. The summed E-state index contributed by atoms with van der Waals surface area (Å²) in [4.78, 5) is 9.26. The summed E-state index contributed by atoms with van der Waals surface area (Å²) in [6, 6.07) is 27.2. The number of alkyl halides is 6. The quantitative estimate of drug-likeness (QED) is 0.135. The minimum absolute atomic E-state index is 0.0524. The van der Waals surface area contributed by atoms with E-state index < -0.39 is 40.4 Å². The highest BCUT2D eigenvalue weighted by atomic mass is 19.4. The topological polar surface area (TPSA) is 96.3 Å². The lowest BCUT2D eigenvalue weighted by atomic mass is 9.68.